The van der Waals surface area contributed by atoms with E-state index in [1.807, 2.05) is 72.8 Å². The molecule has 0 bridgehead atoms. The van der Waals surface area contributed by atoms with Gasteiger partial charge < -0.3 is 19.5 Å². The molecule has 0 amide bonds. The third-order valence-corrected chi connectivity index (χ3v) is 5.59. The summed E-state index contributed by atoms with van der Waals surface area (Å²) in [5.41, 5.74) is 4.51. The van der Waals surface area contributed by atoms with E-state index in [4.69, 9.17) is 19.2 Å². The molecular formula is C26H19N5O3. The third-order valence-electron chi connectivity index (χ3n) is 5.59. The second-order valence-electron chi connectivity index (χ2n) is 7.76. The van der Waals surface area contributed by atoms with Crippen molar-refractivity contribution in [3.63, 3.8) is 0 Å². The van der Waals surface area contributed by atoms with Gasteiger partial charge in [-0.1, -0.05) is 30.3 Å². The van der Waals surface area contributed by atoms with E-state index >= 15 is 0 Å². The average Bonchev–Trinajstić information content (AvgIpc) is 3.60. The summed E-state index contributed by atoms with van der Waals surface area (Å²) < 4.78 is 18.6. The van der Waals surface area contributed by atoms with Crippen LogP contribution >= 0.6 is 0 Å². The van der Waals surface area contributed by atoms with Crippen molar-refractivity contribution in [3.8, 4) is 34.6 Å². The van der Waals surface area contributed by atoms with Gasteiger partial charge in [-0.3, -0.25) is 5.10 Å². The Hall–Kier alpha value is -4.90. The lowest BCUT2D eigenvalue weighted by molar-refractivity contribution is 0.174. The van der Waals surface area contributed by atoms with Gasteiger partial charge in [-0.2, -0.15) is 5.26 Å². The third kappa shape index (κ3) is 3.55. The number of aromatic amines is 1. The molecule has 3 aromatic carbocycles. The predicted molar refractivity (Wildman–Crippen MR) is 126 cm³/mol. The van der Waals surface area contributed by atoms with Crippen LogP contribution in [0.2, 0.25) is 0 Å². The Labute approximate surface area is 194 Å². The first-order chi connectivity index (χ1) is 16.8. The van der Waals surface area contributed by atoms with E-state index in [9.17, 15) is 5.26 Å². The summed E-state index contributed by atoms with van der Waals surface area (Å²) in [5, 5.41) is 16.0. The molecule has 0 aliphatic carbocycles. The maximum absolute atomic E-state index is 9.49. The summed E-state index contributed by atoms with van der Waals surface area (Å²) in [4.78, 5) is 4.76. The summed E-state index contributed by atoms with van der Waals surface area (Å²) >= 11 is 0. The van der Waals surface area contributed by atoms with Crippen molar-refractivity contribution < 1.29 is 14.2 Å². The van der Waals surface area contributed by atoms with Crippen LogP contribution < -0.4 is 19.5 Å². The second-order valence-corrected chi connectivity index (χ2v) is 7.76. The van der Waals surface area contributed by atoms with Gasteiger partial charge in [0.1, 0.15) is 29.7 Å². The molecule has 1 aliphatic rings. The zero-order chi connectivity index (χ0) is 22.9. The first-order valence-electron chi connectivity index (χ1n) is 10.7. The quantitative estimate of drug-likeness (QED) is 0.367. The number of nitrogens with zero attached hydrogens (tertiary/aromatic N) is 3. The number of rotatable bonds is 6. The lowest BCUT2D eigenvalue weighted by atomic mass is 10.1. The topological polar surface area (TPSA) is 96.6 Å². The van der Waals surface area contributed by atoms with E-state index in [0.29, 0.717) is 40.8 Å². The van der Waals surface area contributed by atoms with Crippen molar-refractivity contribution >= 4 is 17.2 Å². The molecule has 2 aromatic heterocycles. The molecule has 2 N–H and O–H groups in total. The van der Waals surface area contributed by atoms with E-state index in [-0.39, 0.29) is 6.79 Å². The molecular weight excluding hydrogens is 430 g/mol. The summed E-state index contributed by atoms with van der Waals surface area (Å²) in [6.07, 6.45) is 1.64. The molecule has 34 heavy (non-hydrogen) atoms. The van der Waals surface area contributed by atoms with Crippen LogP contribution in [0.4, 0.5) is 11.5 Å². The van der Waals surface area contributed by atoms with Crippen LogP contribution in [0, 0.1) is 11.3 Å². The Bertz CT molecular complexity index is 1510. The molecule has 1 aliphatic heterocycles. The smallest absolute Gasteiger partial charge is 0.231 e. The number of benzene rings is 3. The van der Waals surface area contributed by atoms with Gasteiger partial charge in [-0.15, -0.1) is 0 Å². The van der Waals surface area contributed by atoms with Crippen LogP contribution in [0.25, 0.3) is 16.9 Å². The summed E-state index contributed by atoms with van der Waals surface area (Å²) in [6.45, 7) is 0.706. The van der Waals surface area contributed by atoms with Crippen molar-refractivity contribution in [1.29, 1.82) is 5.26 Å². The van der Waals surface area contributed by atoms with Gasteiger partial charge in [0.05, 0.1) is 0 Å². The van der Waals surface area contributed by atoms with Crippen LogP contribution in [0.15, 0.2) is 79.0 Å². The molecule has 0 radical (unpaired) electrons. The Morgan fingerprint density at radius 3 is 2.68 bits per heavy atom. The van der Waals surface area contributed by atoms with Crippen LogP contribution in [-0.4, -0.2) is 21.4 Å². The van der Waals surface area contributed by atoms with Gasteiger partial charge in [0, 0.05) is 23.5 Å². The fourth-order valence-corrected chi connectivity index (χ4v) is 3.88. The van der Waals surface area contributed by atoms with Crippen LogP contribution in [-0.2, 0) is 6.61 Å². The standard InChI is InChI=1S/C26H19N5O3/c27-13-19-14-28-31-25(19)30-24(26(31)29-20-8-11-22-23(12-20)34-16-33-22)18-6-9-21(10-7-18)32-15-17-4-2-1-3-5-17/h1-12,14,28-29H,15-16H2. The van der Waals surface area contributed by atoms with E-state index in [1.54, 1.807) is 10.7 Å². The summed E-state index contributed by atoms with van der Waals surface area (Å²) in [7, 11) is 0. The molecule has 0 saturated carbocycles. The molecule has 0 fully saturated rings. The minimum atomic E-state index is 0.210. The Kier molecular flexibility index (Phi) is 4.78. The molecule has 0 saturated heterocycles. The second kappa shape index (κ2) is 8.22. The molecule has 0 atom stereocenters. The first-order valence-corrected chi connectivity index (χ1v) is 10.7. The highest BCUT2D eigenvalue weighted by molar-refractivity contribution is 5.81. The van der Waals surface area contributed by atoms with Crippen LogP contribution in [0.3, 0.4) is 0 Å². The van der Waals surface area contributed by atoms with E-state index < -0.39 is 0 Å². The normalized spacial score (nSPS) is 12.0. The number of ether oxygens (including phenoxy) is 3. The number of nitriles is 1. The minimum absolute atomic E-state index is 0.210. The molecule has 6 rings (SSSR count). The molecule has 0 spiro atoms. The highest BCUT2D eigenvalue weighted by Crippen LogP contribution is 2.37. The number of nitrogens with one attached hydrogen (secondary N) is 2. The van der Waals surface area contributed by atoms with E-state index in [1.165, 1.54) is 0 Å². The fourth-order valence-electron chi connectivity index (χ4n) is 3.88. The van der Waals surface area contributed by atoms with Gasteiger partial charge >= 0.3 is 0 Å². The van der Waals surface area contributed by atoms with Gasteiger partial charge in [-0.25, -0.2) is 9.50 Å². The highest BCUT2D eigenvalue weighted by atomic mass is 16.7. The lowest BCUT2D eigenvalue weighted by Gasteiger charge is -2.10. The molecule has 5 aromatic rings. The maximum atomic E-state index is 9.49. The van der Waals surface area contributed by atoms with Crippen LogP contribution in [0.5, 0.6) is 17.2 Å². The Morgan fingerprint density at radius 2 is 1.85 bits per heavy atom. The van der Waals surface area contributed by atoms with Crippen molar-refractivity contribution in [2.24, 2.45) is 0 Å². The number of hydrogen-bond acceptors (Lipinski definition) is 6. The monoisotopic (exact) mass is 449 g/mol. The molecule has 0 unspecified atom stereocenters. The largest absolute Gasteiger partial charge is 0.489 e. The average molecular weight is 449 g/mol. The van der Waals surface area contributed by atoms with Crippen molar-refractivity contribution in [2.45, 2.75) is 6.61 Å². The Morgan fingerprint density at radius 1 is 1.03 bits per heavy atom. The molecule has 8 heteroatoms. The maximum Gasteiger partial charge on any atom is 0.231 e. The number of H-pyrrole nitrogens is 1. The first kappa shape index (κ1) is 19.8. The summed E-state index contributed by atoms with van der Waals surface area (Å²) in [5.74, 6) is 2.85. The van der Waals surface area contributed by atoms with E-state index in [2.05, 4.69) is 16.5 Å². The summed E-state index contributed by atoms with van der Waals surface area (Å²) in [6, 6.07) is 25.6. The Balaban J connectivity index is 1.32. The van der Waals surface area contributed by atoms with E-state index in [0.717, 1.165) is 22.6 Å². The number of hydrogen-bond donors (Lipinski definition) is 2. The zero-order valence-corrected chi connectivity index (χ0v) is 18.0. The zero-order valence-electron chi connectivity index (χ0n) is 18.0. The highest BCUT2D eigenvalue weighted by Gasteiger charge is 2.20. The van der Waals surface area contributed by atoms with Crippen molar-refractivity contribution in [1.82, 2.24) is 14.6 Å². The van der Waals surface area contributed by atoms with Crippen molar-refractivity contribution in [2.75, 3.05) is 12.1 Å². The number of imidazole rings is 1. The predicted octanol–water partition coefficient (Wildman–Crippen LogP) is 5.25. The molecule has 166 valence electrons. The van der Waals surface area contributed by atoms with Gasteiger partial charge in [0.25, 0.3) is 0 Å². The van der Waals surface area contributed by atoms with Gasteiger partial charge in [0.15, 0.2) is 23.0 Å². The molecule has 8 nitrogen and oxygen atoms in total. The lowest BCUT2D eigenvalue weighted by Crippen LogP contribution is -1.98. The van der Waals surface area contributed by atoms with Crippen LogP contribution in [0.1, 0.15) is 11.1 Å². The van der Waals surface area contributed by atoms with Gasteiger partial charge in [-0.05, 0) is 42.0 Å². The fraction of sp³-hybridized carbons (Fsp3) is 0.0769. The number of anilines is 2. The number of fused-ring (bicyclic) bond motifs is 2. The SMILES string of the molecule is N#Cc1c[nH]n2c(Nc3ccc4c(c3)OCO4)c(-c3ccc(OCc4ccccc4)cc3)nc12. The molecule has 3 heterocycles. The number of aromatic nitrogens is 3. The minimum Gasteiger partial charge on any atom is -0.489 e. The van der Waals surface area contributed by atoms with Gasteiger partial charge in [0.2, 0.25) is 6.79 Å². The van der Waals surface area contributed by atoms with Crippen molar-refractivity contribution in [3.05, 3.63) is 90.1 Å².